The van der Waals surface area contributed by atoms with E-state index in [2.05, 4.69) is 26.1 Å². The molecule has 4 saturated carbocycles. The minimum absolute atomic E-state index is 0.00600. The van der Waals surface area contributed by atoms with Gasteiger partial charge >= 0.3 is 5.97 Å². The molecular weight excluding hydrogens is 422 g/mol. The number of Topliss-reactive ketones (excluding diaryl/α,β-unsaturated/α-hetero) is 1. The zero-order chi connectivity index (χ0) is 24.1. The van der Waals surface area contributed by atoms with Crippen molar-refractivity contribution >= 4 is 17.7 Å². The van der Waals surface area contributed by atoms with Gasteiger partial charge in [-0.15, -0.1) is 0 Å². The standard InChI is InChI=1S/C26H41NO6/c1-14(4-7-22(31)27-13-23(32)33)17-5-6-18-24-19(12-21(30)26(17,18)3)25(2)9-8-16(28)10-15(25)11-20(24)29/h14-15,17-21,24,29-30H,4-13H2,1-3H3,(H,27,31)(H,32,33)/t14-,15?,17-,18+,19+,20-,21+,24+,25+,26-/m1/s1. The topological polar surface area (TPSA) is 124 Å². The van der Waals surface area contributed by atoms with E-state index < -0.39 is 18.2 Å². The number of amides is 1. The summed E-state index contributed by atoms with van der Waals surface area (Å²) in [6, 6.07) is 0. The van der Waals surface area contributed by atoms with Crippen molar-refractivity contribution in [1.82, 2.24) is 5.32 Å². The number of rotatable bonds is 6. The Morgan fingerprint density at radius 3 is 2.58 bits per heavy atom. The zero-order valence-corrected chi connectivity index (χ0v) is 20.3. The molecule has 7 heteroatoms. The van der Waals surface area contributed by atoms with Gasteiger partial charge in [0.1, 0.15) is 12.3 Å². The lowest BCUT2D eigenvalue weighted by Gasteiger charge is -2.63. The van der Waals surface area contributed by atoms with E-state index >= 15 is 0 Å². The number of aliphatic hydroxyl groups excluding tert-OH is 2. The Kier molecular flexibility index (Phi) is 6.69. The molecule has 0 heterocycles. The van der Waals surface area contributed by atoms with Crippen LogP contribution in [0.1, 0.15) is 78.6 Å². The lowest BCUT2D eigenvalue weighted by atomic mass is 9.43. The Morgan fingerprint density at radius 1 is 1.15 bits per heavy atom. The van der Waals surface area contributed by atoms with Crippen LogP contribution in [0.25, 0.3) is 0 Å². The smallest absolute Gasteiger partial charge is 0.322 e. The molecule has 0 saturated heterocycles. The molecule has 4 rings (SSSR count). The molecule has 4 aliphatic rings. The van der Waals surface area contributed by atoms with Gasteiger partial charge in [-0.1, -0.05) is 20.8 Å². The van der Waals surface area contributed by atoms with Crippen LogP contribution >= 0.6 is 0 Å². The van der Waals surface area contributed by atoms with Gasteiger partial charge in [0.2, 0.25) is 5.91 Å². The second-order valence-corrected chi connectivity index (χ2v) is 12.0. The van der Waals surface area contributed by atoms with Crippen molar-refractivity contribution in [1.29, 1.82) is 0 Å². The third kappa shape index (κ3) is 4.13. The highest BCUT2D eigenvalue weighted by Gasteiger charge is 2.65. The van der Waals surface area contributed by atoms with Gasteiger partial charge < -0.3 is 20.6 Å². The molecule has 10 atom stereocenters. The average Bonchev–Trinajstić information content (AvgIpc) is 3.11. The highest BCUT2D eigenvalue weighted by atomic mass is 16.4. The number of carboxylic acids is 1. The van der Waals surface area contributed by atoms with Crippen molar-refractivity contribution < 1.29 is 29.7 Å². The number of ketones is 1. The minimum Gasteiger partial charge on any atom is -0.480 e. The third-order valence-electron chi connectivity index (χ3n) is 10.6. The van der Waals surface area contributed by atoms with Crippen molar-refractivity contribution in [3.8, 4) is 0 Å². The number of carboxylic acid groups (broad SMARTS) is 1. The molecule has 1 unspecified atom stereocenters. The Morgan fingerprint density at radius 2 is 1.88 bits per heavy atom. The highest BCUT2D eigenvalue weighted by molar-refractivity contribution is 5.81. The molecule has 0 aromatic rings. The first-order valence-corrected chi connectivity index (χ1v) is 12.8. The molecule has 0 bridgehead atoms. The third-order valence-corrected chi connectivity index (χ3v) is 10.6. The second-order valence-electron chi connectivity index (χ2n) is 12.0. The number of aliphatic hydroxyl groups is 2. The van der Waals surface area contributed by atoms with E-state index in [0.717, 1.165) is 19.3 Å². The summed E-state index contributed by atoms with van der Waals surface area (Å²) >= 11 is 0. The van der Waals surface area contributed by atoms with Crippen LogP contribution in [0.3, 0.4) is 0 Å². The summed E-state index contributed by atoms with van der Waals surface area (Å²) in [6.07, 6.45) is 5.43. The summed E-state index contributed by atoms with van der Waals surface area (Å²) in [6.45, 7) is 6.28. The molecule has 0 spiro atoms. The first-order valence-electron chi connectivity index (χ1n) is 12.8. The molecular formula is C26H41NO6. The molecule has 4 aliphatic carbocycles. The molecule has 0 aromatic heterocycles. The van der Waals surface area contributed by atoms with Gasteiger partial charge in [-0.3, -0.25) is 14.4 Å². The van der Waals surface area contributed by atoms with E-state index in [0.29, 0.717) is 37.9 Å². The zero-order valence-electron chi connectivity index (χ0n) is 20.3. The summed E-state index contributed by atoms with van der Waals surface area (Å²) < 4.78 is 0. The first-order chi connectivity index (χ1) is 15.5. The van der Waals surface area contributed by atoms with E-state index in [-0.39, 0.29) is 65.2 Å². The quantitative estimate of drug-likeness (QED) is 0.480. The number of carbonyl (C=O) groups is 3. The van der Waals surface area contributed by atoms with E-state index in [4.69, 9.17) is 5.11 Å². The van der Waals surface area contributed by atoms with Crippen molar-refractivity contribution in [2.45, 2.75) is 90.8 Å². The van der Waals surface area contributed by atoms with Crippen LogP contribution in [-0.2, 0) is 14.4 Å². The maximum absolute atomic E-state index is 12.1. The van der Waals surface area contributed by atoms with E-state index in [9.17, 15) is 24.6 Å². The predicted octanol–water partition coefficient (Wildman–Crippen LogP) is 2.77. The maximum Gasteiger partial charge on any atom is 0.322 e. The predicted molar refractivity (Wildman–Crippen MR) is 122 cm³/mol. The van der Waals surface area contributed by atoms with Crippen LogP contribution < -0.4 is 5.32 Å². The summed E-state index contributed by atoms with van der Waals surface area (Å²) in [7, 11) is 0. The van der Waals surface area contributed by atoms with Gasteiger partial charge in [0.25, 0.3) is 0 Å². The van der Waals surface area contributed by atoms with Crippen LogP contribution in [0.4, 0.5) is 0 Å². The average molecular weight is 464 g/mol. The highest BCUT2D eigenvalue weighted by Crippen LogP contribution is 2.68. The van der Waals surface area contributed by atoms with Crippen molar-refractivity contribution in [3.05, 3.63) is 0 Å². The first kappa shape index (κ1) is 24.6. The summed E-state index contributed by atoms with van der Waals surface area (Å²) in [5.74, 6) is 0.346. The van der Waals surface area contributed by atoms with Gasteiger partial charge in [-0.05, 0) is 84.9 Å². The number of nitrogens with one attached hydrogen (secondary N) is 1. The SMILES string of the molecule is C[C@H](CCC(=O)NCC(=O)O)[C@H]1CC[C@H]2[C@@H]3[C@H](O)CC4CC(=O)CC[C@]4(C)[C@H]3C[C@H](O)[C@]12C. The summed E-state index contributed by atoms with van der Waals surface area (Å²) in [4.78, 5) is 34.8. The molecule has 0 radical (unpaired) electrons. The van der Waals surface area contributed by atoms with Crippen molar-refractivity contribution in [3.63, 3.8) is 0 Å². The van der Waals surface area contributed by atoms with E-state index in [1.54, 1.807) is 0 Å². The van der Waals surface area contributed by atoms with Gasteiger partial charge in [0, 0.05) is 19.3 Å². The number of fused-ring (bicyclic) bond motifs is 5. The van der Waals surface area contributed by atoms with E-state index in [1.165, 1.54) is 0 Å². The Balaban J connectivity index is 1.49. The Labute approximate surface area is 196 Å². The Hall–Kier alpha value is -1.47. The van der Waals surface area contributed by atoms with Gasteiger partial charge in [-0.2, -0.15) is 0 Å². The second kappa shape index (κ2) is 8.95. The fourth-order valence-electron chi connectivity index (χ4n) is 8.77. The lowest BCUT2D eigenvalue weighted by Crippen LogP contribution is -2.62. The summed E-state index contributed by atoms with van der Waals surface area (Å²) in [5.41, 5.74) is -0.293. The fraction of sp³-hybridized carbons (Fsp3) is 0.885. The molecule has 4 fully saturated rings. The van der Waals surface area contributed by atoms with Crippen LogP contribution in [0.5, 0.6) is 0 Å². The van der Waals surface area contributed by atoms with Crippen molar-refractivity contribution in [2.24, 2.45) is 46.3 Å². The molecule has 33 heavy (non-hydrogen) atoms. The molecule has 186 valence electrons. The molecule has 4 N–H and O–H groups in total. The monoisotopic (exact) mass is 463 g/mol. The molecule has 0 aliphatic heterocycles. The van der Waals surface area contributed by atoms with E-state index in [1.807, 2.05) is 0 Å². The number of aliphatic carboxylic acids is 1. The van der Waals surface area contributed by atoms with Crippen LogP contribution in [-0.4, -0.2) is 51.7 Å². The number of hydrogen-bond donors (Lipinski definition) is 4. The fourth-order valence-corrected chi connectivity index (χ4v) is 8.77. The lowest BCUT2D eigenvalue weighted by molar-refractivity contribution is -0.201. The molecule has 0 aromatic carbocycles. The van der Waals surface area contributed by atoms with Gasteiger partial charge in [-0.25, -0.2) is 0 Å². The van der Waals surface area contributed by atoms with Crippen molar-refractivity contribution in [2.75, 3.05) is 6.54 Å². The largest absolute Gasteiger partial charge is 0.480 e. The Bertz CT molecular complexity index is 800. The number of hydrogen-bond acceptors (Lipinski definition) is 5. The normalized spacial score (nSPS) is 45.5. The molecule has 7 nitrogen and oxygen atoms in total. The maximum atomic E-state index is 12.1. The van der Waals surface area contributed by atoms with Crippen LogP contribution in [0, 0.1) is 46.3 Å². The number of carbonyl (C=O) groups excluding carboxylic acids is 2. The van der Waals surface area contributed by atoms with Gasteiger partial charge in [0.15, 0.2) is 0 Å². The molecule has 1 amide bonds. The van der Waals surface area contributed by atoms with Gasteiger partial charge in [0.05, 0.1) is 12.2 Å². The van der Waals surface area contributed by atoms with Crippen LogP contribution in [0.2, 0.25) is 0 Å². The summed E-state index contributed by atoms with van der Waals surface area (Å²) in [5, 5.41) is 34.1. The van der Waals surface area contributed by atoms with Crippen LogP contribution in [0.15, 0.2) is 0 Å². The minimum atomic E-state index is -1.05.